The molecule has 2 amide bonds. The summed E-state index contributed by atoms with van der Waals surface area (Å²) in [5.41, 5.74) is 2.38. The lowest BCUT2D eigenvalue weighted by atomic mass is 9.76. The summed E-state index contributed by atoms with van der Waals surface area (Å²) in [6, 6.07) is 9.15. The Morgan fingerprint density at radius 3 is 2.52 bits per heavy atom. The predicted molar refractivity (Wildman–Crippen MR) is 109 cm³/mol. The molecule has 1 aliphatic carbocycles. The van der Waals surface area contributed by atoms with E-state index in [-0.39, 0.29) is 22.8 Å². The van der Waals surface area contributed by atoms with Crippen LogP contribution in [0.25, 0.3) is 11.4 Å². The molecule has 1 atom stereocenters. The van der Waals surface area contributed by atoms with Crippen molar-refractivity contribution in [2.45, 2.75) is 51.0 Å². The van der Waals surface area contributed by atoms with Crippen LogP contribution < -0.4 is 10.9 Å². The second kappa shape index (κ2) is 7.46. The van der Waals surface area contributed by atoms with Crippen LogP contribution in [0.1, 0.15) is 44.4 Å². The fraction of sp³-hybridized carbons (Fsp3) is 0.455. The van der Waals surface area contributed by atoms with Crippen molar-refractivity contribution in [1.29, 1.82) is 0 Å². The van der Waals surface area contributed by atoms with Crippen molar-refractivity contribution >= 4 is 11.8 Å². The molecule has 2 N–H and O–H groups in total. The number of carbonyl (C=O) groups is 2. The molecule has 2 heterocycles. The summed E-state index contributed by atoms with van der Waals surface area (Å²) >= 11 is 0. The fourth-order valence-electron chi connectivity index (χ4n) is 4.67. The Labute approximate surface area is 169 Å². The number of fused-ring (bicyclic) bond motifs is 2. The molecule has 1 aromatic heterocycles. The molecular weight excluding hydrogens is 368 g/mol. The molecule has 1 fully saturated rings. The van der Waals surface area contributed by atoms with E-state index >= 15 is 0 Å². The van der Waals surface area contributed by atoms with Gasteiger partial charge in [-0.15, -0.1) is 0 Å². The SMILES string of the molecule is CC(=O)N[C@H](C)C(=O)N1CCC2(CCc3c2nc(-c2ccccc2)[nH]c3=O)CC1. The number of rotatable bonds is 3. The van der Waals surface area contributed by atoms with E-state index < -0.39 is 6.04 Å². The van der Waals surface area contributed by atoms with Crippen molar-refractivity contribution in [3.05, 3.63) is 51.9 Å². The second-order valence-corrected chi connectivity index (χ2v) is 8.14. The molecule has 2 aliphatic rings. The molecule has 0 saturated carbocycles. The fourth-order valence-corrected chi connectivity index (χ4v) is 4.67. The Kier molecular flexibility index (Phi) is 4.98. The zero-order valence-electron chi connectivity index (χ0n) is 16.8. The molecule has 7 heteroatoms. The van der Waals surface area contributed by atoms with Crippen LogP contribution in [0, 0.1) is 0 Å². The number of hydrogen-bond donors (Lipinski definition) is 2. The number of amides is 2. The third-order valence-corrected chi connectivity index (χ3v) is 6.24. The number of aromatic amines is 1. The van der Waals surface area contributed by atoms with Gasteiger partial charge in [-0.05, 0) is 32.6 Å². The van der Waals surface area contributed by atoms with E-state index in [0.717, 1.165) is 42.5 Å². The van der Waals surface area contributed by atoms with Crippen LogP contribution in [-0.4, -0.2) is 45.8 Å². The molecule has 29 heavy (non-hydrogen) atoms. The van der Waals surface area contributed by atoms with Crippen molar-refractivity contribution in [2.24, 2.45) is 0 Å². The first kappa shape index (κ1) is 19.4. The lowest BCUT2D eigenvalue weighted by Gasteiger charge is -2.40. The highest BCUT2D eigenvalue weighted by atomic mass is 16.2. The predicted octanol–water partition coefficient (Wildman–Crippen LogP) is 1.77. The number of hydrogen-bond acceptors (Lipinski definition) is 4. The molecule has 0 bridgehead atoms. The van der Waals surface area contributed by atoms with Gasteiger partial charge in [0.1, 0.15) is 11.9 Å². The van der Waals surface area contributed by atoms with E-state index in [1.54, 1.807) is 6.92 Å². The number of H-pyrrole nitrogens is 1. The van der Waals surface area contributed by atoms with Gasteiger partial charge in [-0.3, -0.25) is 14.4 Å². The third-order valence-electron chi connectivity index (χ3n) is 6.24. The maximum absolute atomic E-state index is 12.7. The summed E-state index contributed by atoms with van der Waals surface area (Å²) in [4.78, 5) is 46.2. The van der Waals surface area contributed by atoms with Crippen LogP contribution >= 0.6 is 0 Å². The third kappa shape index (κ3) is 3.57. The van der Waals surface area contributed by atoms with Gasteiger partial charge in [-0.2, -0.15) is 0 Å². The van der Waals surface area contributed by atoms with Gasteiger partial charge >= 0.3 is 0 Å². The number of benzene rings is 1. The molecule has 2 aromatic rings. The molecular formula is C22H26N4O3. The normalized spacial score (nSPS) is 18.3. The van der Waals surface area contributed by atoms with E-state index in [4.69, 9.17) is 4.98 Å². The minimum atomic E-state index is -0.525. The Morgan fingerprint density at radius 2 is 1.86 bits per heavy atom. The monoisotopic (exact) mass is 394 g/mol. The smallest absolute Gasteiger partial charge is 0.254 e. The van der Waals surface area contributed by atoms with Crippen LogP contribution in [0.15, 0.2) is 35.1 Å². The quantitative estimate of drug-likeness (QED) is 0.829. The van der Waals surface area contributed by atoms with Gasteiger partial charge in [-0.1, -0.05) is 30.3 Å². The summed E-state index contributed by atoms with van der Waals surface area (Å²) in [5, 5.41) is 2.66. The molecule has 7 nitrogen and oxygen atoms in total. The van der Waals surface area contributed by atoms with Crippen LogP contribution in [0.5, 0.6) is 0 Å². The van der Waals surface area contributed by atoms with Crippen LogP contribution in [-0.2, 0) is 21.4 Å². The molecule has 1 saturated heterocycles. The van der Waals surface area contributed by atoms with Gasteiger partial charge in [0, 0.05) is 36.6 Å². The molecule has 1 aromatic carbocycles. The Bertz CT molecular complexity index is 991. The first-order valence-electron chi connectivity index (χ1n) is 10.1. The van der Waals surface area contributed by atoms with E-state index in [0.29, 0.717) is 18.9 Å². The average Bonchev–Trinajstić information content (AvgIpc) is 3.07. The molecule has 1 aliphatic heterocycles. The number of carbonyl (C=O) groups excluding carboxylic acids is 2. The maximum Gasteiger partial charge on any atom is 0.254 e. The Balaban J connectivity index is 1.57. The summed E-state index contributed by atoms with van der Waals surface area (Å²) in [6.07, 6.45) is 3.18. The number of likely N-dealkylation sites (tertiary alicyclic amines) is 1. The minimum absolute atomic E-state index is 0.0523. The van der Waals surface area contributed by atoms with Crippen molar-refractivity contribution in [3.8, 4) is 11.4 Å². The number of piperidine rings is 1. The molecule has 0 unspecified atom stereocenters. The minimum Gasteiger partial charge on any atom is -0.345 e. The highest BCUT2D eigenvalue weighted by molar-refractivity contribution is 5.86. The zero-order valence-corrected chi connectivity index (χ0v) is 16.8. The summed E-state index contributed by atoms with van der Waals surface area (Å²) in [5.74, 6) is 0.339. The summed E-state index contributed by atoms with van der Waals surface area (Å²) in [7, 11) is 0. The molecule has 152 valence electrons. The summed E-state index contributed by atoms with van der Waals surface area (Å²) < 4.78 is 0. The topological polar surface area (TPSA) is 95.2 Å². The first-order valence-corrected chi connectivity index (χ1v) is 10.1. The maximum atomic E-state index is 12.7. The highest BCUT2D eigenvalue weighted by Crippen LogP contribution is 2.44. The standard InChI is InChI=1S/C22H26N4O3/c1-14(23-15(2)27)21(29)26-12-10-22(11-13-26)9-8-17-18(22)24-19(25-20(17)28)16-6-4-3-5-7-16/h3-7,14H,8-13H2,1-2H3,(H,23,27)(H,24,25,28)/t14-/m1/s1. The number of nitrogens with one attached hydrogen (secondary N) is 2. The zero-order chi connectivity index (χ0) is 20.6. The highest BCUT2D eigenvalue weighted by Gasteiger charge is 2.45. The van der Waals surface area contributed by atoms with Gasteiger partial charge in [0.15, 0.2) is 0 Å². The van der Waals surface area contributed by atoms with Gasteiger partial charge in [0.05, 0.1) is 5.69 Å². The van der Waals surface area contributed by atoms with Crippen LogP contribution in [0.4, 0.5) is 0 Å². The molecule has 4 rings (SSSR count). The first-order chi connectivity index (χ1) is 13.9. The second-order valence-electron chi connectivity index (χ2n) is 8.14. The average molecular weight is 394 g/mol. The lowest BCUT2D eigenvalue weighted by Crippen LogP contribution is -2.51. The number of aromatic nitrogens is 2. The Morgan fingerprint density at radius 1 is 1.17 bits per heavy atom. The van der Waals surface area contributed by atoms with Crippen molar-refractivity contribution in [3.63, 3.8) is 0 Å². The Hall–Kier alpha value is -2.96. The van der Waals surface area contributed by atoms with E-state index in [1.807, 2.05) is 35.2 Å². The summed E-state index contributed by atoms with van der Waals surface area (Å²) in [6.45, 7) is 4.35. The van der Waals surface area contributed by atoms with Crippen molar-refractivity contribution in [1.82, 2.24) is 20.2 Å². The van der Waals surface area contributed by atoms with Crippen molar-refractivity contribution in [2.75, 3.05) is 13.1 Å². The molecule has 1 spiro atoms. The van der Waals surface area contributed by atoms with Crippen molar-refractivity contribution < 1.29 is 9.59 Å². The van der Waals surface area contributed by atoms with Gasteiger partial charge in [0.25, 0.3) is 5.56 Å². The van der Waals surface area contributed by atoms with Gasteiger partial charge < -0.3 is 15.2 Å². The van der Waals surface area contributed by atoms with Gasteiger partial charge in [0.2, 0.25) is 11.8 Å². The van der Waals surface area contributed by atoms with E-state index in [9.17, 15) is 14.4 Å². The van der Waals surface area contributed by atoms with Crippen LogP contribution in [0.3, 0.4) is 0 Å². The lowest BCUT2D eigenvalue weighted by molar-refractivity contribution is -0.137. The largest absolute Gasteiger partial charge is 0.345 e. The van der Waals surface area contributed by atoms with E-state index in [1.165, 1.54) is 6.92 Å². The number of nitrogens with zero attached hydrogens (tertiary/aromatic N) is 2. The van der Waals surface area contributed by atoms with E-state index in [2.05, 4.69) is 10.3 Å². The van der Waals surface area contributed by atoms with Gasteiger partial charge in [-0.25, -0.2) is 4.98 Å². The molecule has 0 radical (unpaired) electrons. The van der Waals surface area contributed by atoms with Crippen LogP contribution in [0.2, 0.25) is 0 Å².